The van der Waals surface area contributed by atoms with Gasteiger partial charge in [0.2, 0.25) is 0 Å². The van der Waals surface area contributed by atoms with E-state index in [1.54, 1.807) is 0 Å². The third-order valence-corrected chi connectivity index (χ3v) is 3.37. The predicted molar refractivity (Wildman–Crippen MR) is 89.6 cm³/mol. The van der Waals surface area contributed by atoms with Crippen LogP contribution in [0.5, 0.6) is 0 Å². The lowest BCUT2D eigenvalue weighted by Gasteiger charge is -2.25. The standard InChI is InChI=1S/C15H37N5/c1-17(2)10-8-15(14-19(5)6)16-9-11-20(7)13-12-18(3)4/h15-16H,8-14H2,1-7H3. The van der Waals surface area contributed by atoms with Crippen LogP contribution in [0.4, 0.5) is 0 Å². The highest BCUT2D eigenvalue weighted by Gasteiger charge is 2.10. The Morgan fingerprint density at radius 1 is 0.700 bits per heavy atom. The van der Waals surface area contributed by atoms with Crippen LogP contribution in [-0.2, 0) is 0 Å². The van der Waals surface area contributed by atoms with Gasteiger partial charge in [-0.25, -0.2) is 0 Å². The van der Waals surface area contributed by atoms with Crippen molar-refractivity contribution < 1.29 is 0 Å². The number of hydrogen-bond acceptors (Lipinski definition) is 5. The summed E-state index contributed by atoms with van der Waals surface area (Å²) in [4.78, 5) is 9.15. The van der Waals surface area contributed by atoms with Gasteiger partial charge in [-0.05, 0) is 62.3 Å². The summed E-state index contributed by atoms with van der Waals surface area (Å²) in [5.74, 6) is 0. The van der Waals surface area contributed by atoms with Crippen LogP contribution in [0.25, 0.3) is 0 Å². The third kappa shape index (κ3) is 12.8. The molecule has 1 atom stereocenters. The summed E-state index contributed by atoms with van der Waals surface area (Å²) in [7, 11) is 15.0. The summed E-state index contributed by atoms with van der Waals surface area (Å²) in [6, 6.07) is 0.578. The van der Waals surface area contributed by atoms with Crippen molar-refractivity contribution in [2.24, 2.45) is 0 Å². The van der Waals surface area contributed by atoms with E-state index in [4.69, 9.17) is 0 Å². The lowest BCUT2D eigenvalue weighted by molar-refractivity contribution is 0.261. The van der Waals surface area contributed by atoms with Crippen LogP contribution in [0, 0.1) is 0 Å². The number of hydrogen-bond donors (Lipinski definition) is 1. The molecular weight excluding hydrogens is 250 g/mol. The Bertz CT molecular complexity index is 218. The normalized spacial score (nSPS) is 13.9. The topological polar surface area (TPSA) is 25.0 Å². The Morgan fingerprint density at radius 3 is 1.80 bits per heavy atom. The highest BCUT2D eigenvalue weighted by molar-refractivity contribution is 4.71. The van der Waals surface area contributed by atoms with Crippen molar-refractivity contribution in [2.75, 3.05) is 88.6 Å². The molecule has 0 saturated heterocycles. The van der Waals surface area contributed by atoms with Gasteiger partial charge in [0.1, 0.15) is 0 Å². The van der Waals surface area contributed by atoms with Crippen LogP contribution < -0.4 is 5.32 Å². The fraction of sp³-hybridized carbons (Fsp3) is 1.00. The molecule has 122 valence electrons. The van der Waals surface area contributed by atoms with Gasteiger partial charge in [0.05, 0.1) is 0 Å². The zero-order valence-corrected chi connectivity index (χ0v) is 14.8. The largest absolute Gasteiger partial charge is 0.311 e. The van der Waals surface area contributed by atoms with E-state index in [9.17, 15) is 0 Å². The van der Waals surface area contributed by atoms with Gasteiger partial charge < -0.3 is 24.9 Å². The van der Waals surface area contributed by atoms with Crippen LogP contribution in [0.1, 0.15) is 6.42 Å². The highest BCUT2D eigenvalue weighted by Crippen LogP contribution is 1.96. The van der Waals surface area contributed by atoms with Gasteiger partial charge in [-0.3, -0.25) is 0 Å². The zero-order valence-electron chi connectivity index (χ0n) is 14.8. The second kappa shape index (κ2) is 11.5. The Labute approximate surface area is 126 Å². The maximum Gasteiger partial charge on any atom is 0.0207 e. The third-order valence-electron chi connectivity index (χ3n) is 3.37. The number of rotatable bonds is 12. The molecule has 0 aliphatic heterocycles. The van der Waals surface area contributed by atoms with Crippen LogP contribution >= 0.6 is 0 Å². The molecule has 0 heterocycles. The van der Waals surface area contributed by atoms with Gasteiger partial charge in [0, 0.05) is 38.8 Å². The molecule has 0 aliphatic carbocycles. The minimum atomic E-state index is 0.578. The zero-order chi connectivity index (χ0) is 15.5. The number of likely N-dealkylation sites (N-methyl/N-ethyl adjacent to an activating group) is 3. The molecule has 1 unspecified atom stereocenters. The minimum Gasteiger partial charge on any atom is -0.311 e. The summed E-state index contributed by atoms with van der Waals surface area (Å²) >= 11 is 0. The lowest BCUT2D eigenvalue weighted by Crippen LogP contribution is -2.43. The van der Waals surface area contributed by atoms with Gasteiger partial charge in [-0.2, -0.15) is 0 Å². The van der Waals surface area contributed by atoms with Crippen molar-refractivity contribution in [1.29, 1.82) is 0 Å². The smallest absolute Gasteiger partial charge is 0.0207 e. The van der Waals surface area contributed by atoms with Gasteiger partial charge in [0.15, 0.2) is 0 Å². The van der Waals surface area contributed by atoms with Crippen molar-refractivity contribution in [1.82, 2.24) is 24.9 Å². The maximum atomic E-state index is 3.70. The van der Waals surface area contributed by atoms with Crippen LogP contribution in [-0.4, -0.2) is 114 Å². The fourth-order valence-electron chi connectivity index (χ4n) is 2.05. The van der Waals surface area contributed by atoms with Crippen LogP contribution in [0.3, 0.4) is 0 Å². The first-order valence-corrected chi connectivity index (χ1v) is 7.67. The molecule has 0 aromatic rings. The SMILES string of the molecule is CN(C)CCC(CN(C)C)NCCN(C)CCN(C)C. The molecule has 0 rings (SSSR count). The second-order valence-electron chi connectivity index (χ2n) is 6.61. The molecule has 0 radical (unpaired) electrons. The van der Waals surface area contributed by atoms with Crippen LogP contribution in [0.15, 0.2) is 0 Å². The first-order chi connectivity index (χ1) is 9.31. The minimum absolute atomic E-state index is 0.578. The average molecular weight is 287 g/mol. The molecular formula is C15H37N5. The summed E-state index contributed by atoms with van der Waals surface area (Å²) in [5, 5.41) is 3.70. The fourth-order valence-corrected chi connectivity index (χ4v) is 2.05. The molecule has 5 heteroatoms. The molecule has 0 bridgehead atoms. The molecule has 0 aromatic heterocycles. The first kappa shape index (κ1) is 19.8. The van der Waals surface area contributed by atoms with E-state index in [0.29, 0.717) is 6.04 Å². The molecule has 1 N–H and O–H groups in total. The van der Waals surface area contributed by atoms with E-state index in [0.717, 1.165) is 39.3 Å². The Balaban J connectivity index is 3.87. The summed E-state index contributed by atoms with van der Waals surface area (Å²) in [5.41, 5.74) is 0. The van der Waals surface area contributed by atoms with Gasteiger partial charge in [-0.1, -0.05) is 0 Å². The Kier molecular flexibility index (Phi) is 11.3. The van der Waals surface area contributed by atoms with E-state index in [1.807, 2.05) is 0 Å². The van der Waals surface area contributed by atoms with Crippen molar-refractivity contribution in [3.05, 3.63) is 0 Å². The van der Waals surface area contributed by atoms with Gasteiger partial charge >= 0.3 is 0 Å². The maximum absolute atomic E-state index is 3.70. The summed E-state index contributed by atoms with van der Waals surface area (Å²) in [6.45, 7) is 6.68. The molecule has 0 spiro atoms. The summed E-state index contributed by atoms with van der Waals surface area (Å²) in [6.07, 6.45) is 1.20. The van der Waals surface area contributed by atoms with E-state index in [2.05, 4.69) is 74.3 Å². The van der Waals surface area contributed by atoms with E-state index >= 15 is 0 Å². The quantitative estimate of drug-likeness (QED) is 0.543. The monoisotopic (exact) mass is 287 g/mol. The molecule has 5 nitrogen and oxygen atoms in total. The molecule has 0 amide bonds. The van der Waals surface area contributed by atoms with Crippen molar-refractivity contribution >= 4 is 0 Å². The molecule has 20 heavy (non-hydrogen) atoms. The predicted octanol–water partition coefficient (Wildman–Crippen LogP) is -0.0487. The van der Waals surface area contributed by atoms with E-state index in [-0.39, 0.29) is 0 Å². The number of nitrogens with one attached hydrogen (secondary N) is 1. The van der Waals surface area contributed by atoms with Gasteiger partial charge in [-0.15, -0.1) is 0 Å². The van der Waals surface area contributed by atoms with E-state index in [1.165, 1.54) is 6.42 Å². The Hall–Kier alpha value is -0.200. The van der Waals surface area contributed by atoms with Crippen molar-refractivity contribution in [3.63, 3.8) is 0 Å². The molecule has 0 aliphatic rings. The molecule has 0 aromatic carbocycles. The first-order valence-electron chi connectivity index (χ1n) is 7.67. The number of nitrogens with zero attached hydrogens (tertiary/aromatic N) is 4. The summed E-state index contributed by atoms with van der Waals surface area (Å²) < 4.78 is 0. The molecule has 0 saturated carbocycles. The second-order valence-corrected chi connectivity index (χ2v) is 6.61. The molecule has 0 fully saturated rings. The van der Waals surface area contributed by atoms with Gasteiger partial charge in [0.25, 0.3) is 0 Å². The van der Waals surface area contributed by atoms with E-state index < -0.39 is 0 Å². The van der Waals surface area contributed by atoms with Crippen molar-refractivity contribution in [3.8, 4) is 0 Å². The van der Waals surface area contributed by atoms with Crippen molar-refractivity contribution in [2.45, 2.75) is 12.5 Å². The average Bonchev–Trinajstić information content (AvgIpc) is 2.32. The lowest BCUT2D eigenvalue weighted by atomic mass is 10.2. The van der Waals surface area contributed by atoms with Crippen LogP contribution in [0.2, 0.25) is 0 Å². The Morgan fingerprint density at radius 2 is 1.30 bits per heavy atom. The highest BCUT2D eigenvalue weighted by atomic mass is 15.2.